The summed E-state index contributed by atoms with van der Waals surface area (Å²) < 4.78 is 34.1. The van der Waals surface area contributed by atoms with Crippen LogP contribution in [0.2, 0.25) is 0 Å². The molecule has 2 amide bonds. The number of hydrogen-bond acceptors (Lipinski definition) is 4. The van der Waals surface area contributed by atoms with E-state index in [0.29, 0.717) is 18.5 Å². The zero-order chi connectivity index (χ0) is 19.4. The maximum Gasteiger partial charge on any atom is 0.387 e. The molecule has 1 aliphatic heterocycles. The summed E-state index contributed by atoms with van der Waals surface area (Å²) in [7, 11) is 1.60. The van der Waals surface area contributed by atoms with E-state index in [1.807, 2.05) is 24.3 Å². The van der Waals surface area contributed by atoms with E-state index in [9.17, 15) is 13.6 Å². The van der Waals surface area contributed by atoms with E-state index in [-0.39, 0.29) is 18.3 Å². The smallest absolute Gasteiger partial charge is 0.387 e. The van der Waals surface area contributed by atoms with Crippen LogP contribution in [0.25, 0.3) is 0 Å². The fraction of sp³-hybridized carbons (Fsp3) is 0.316. The Labute approximate surface area is 155 Å². The number of alkyl halides is 2. The van der Waals surface area contributed by atoms with Gasteiger partial charge in [0, 0.05) is 6.54 Å². The molecule has 2 aromatic rings. The van der Waals surface area contributed by atoms with E-state index < -0.39 is 12.3 Å². The van der Waals surface area contributed by atoms with Crippen molar-refractivity contribution in [3.05, 3.63) is 59.7 Å². The van der Waals surface area contributed by atoms with Gasteiger partial charge in [-0.05, 0) is 41.8 Å². The summed E-state index contributed by atoms with van der Waals surface area (Å²) in [6.07, 6.45) is 0.614. The first kappa shape index (κ1) is 18.9. The van der Waals surface area contributed by atoms with E-state index in [2.05, 4.69) is 10.1 Å². The van der Waals surface area contributed by atoms with Crippen LogP contribution in [0, 0.1) is 0 Å². The number of nitrogens with one attached hydrogen (secondary N) is 1. The molecule has 0 radical (unpaired) electrons. The van der Waals surface area contributed by atoms with Crippen molar-refractivity contribution in [2.75, 3.05) is 20.2 Å². The molecule has 1 aliphatic rings. The van der Waals surface area contributed by atoms with E-state index >= 15 is 0 Å². The minimum atomic E-state index is -2.89. The molecule has 27 heavy (non-hydrogen) atoms. The summed E-state index contributed by atoms with van der Waals surface area (Å²) >= 11 is 0. The molecule has 0 bridgehead atoms. The molecule has 8 heteroatoms. The first-order valence-electron chi connectivity index (χ1n) is 8.45. The lowest BCUT2D eigenvalue weighted by atomic mass is 9.99. The van der Waals surface area contributed by atoms with Crippen molar-refractivity contribution in [1.29, 1.82) is 0 Å². The Hall–Kier alpha value is -2.87. The second-order valence-corrected chi connectivity index (χ2v) is 6.24. The lowest BCUT2D eigenvalue weighted by Crippen LogP contribution is -2.52. The number of hydrogen-bond donors (Lipinski definition) is 2. The fourth-order valence-corrected chi connectivity index (χ4v) is 3.10. The van der Waals surface area contributed by atoms with Gasteiger partial charge in [0.2, 0.25) is 0 Å². The van der Waals surface area contributed by atoms with Gasteiger partial charge in [-0.3, -0.25) is 0 Å². The average Bonchev–Trinajstić information content (AvgIpc) is 2.96. The molecule has 1 fully saturated rings. The molecule has 6 nitrogen and oxygen atoms in total. The van der Waals surface area contributed by atoms with Gasteiger partial charge < -0.3 is 25.4 Å². The maximum atomic E-state index is 12.3. The predicted octanol–water partition coefficient (Wildman–Crippen LogP) is 2.68. The molecule has 0 aromatic heterocycles. The summed E-state index contributed by atoms with van der Waals surface area (Å²) in [5.74, 6) is 0.802. The molecule has 0 spiro atoms. The Morgan fingerprint density at radius 1 is 1.15 bits per heavy atom. The monoisotopic (exact) mass is 377 g/mol. The van der Waals surface area contributed by atoms with Crippen molar-refractivity contribution in [3.8, 4) is 11.5 Å². The fourth-order valence-electron chi connectivity index (χ4n) is 3.10. The number of halogens is 2. The van der Waals surface area contributed by atoms with Crippen LogP contribution in [0.3, 0.4) is 0 Å². The third-order valence-electron chi connectivity index (χ3n) is 4.60. The largest absolute Gasteiger partial charge is 0.497 e. The van der Waals surface area contributed by atoms with Crippen LogP contribution in [0.15, 0.2) is 48.5 Å². The molecule has 3 rings (SSSR count). The lowest BCUT2D eigenvalue weighted by Gasteiger charge is -2.34. The predicted molar refractivity (Wildman–Crippen MR) is 95.7 cm³/mol. The van der Waals surface area contributed by atoms with Gasteiger partial charge in [0.1, 0.15) is 17.2 Å². The third-order valence-corrected chi connectivity index (χ3v) is 4.60. The van der Waals surface area contributed by atoms with E-state index in [0.717, 1.165) is 11.3 Å². The van der Waals surface area contributed by atoms with Crippen LogP contribution in [0.1, 0.15) is 11.1 Å². The van der Waals surface area contributed by atoms with Crippen molar-refractivity contribution >= 4 is 6.03 Å². The van der Waals surface area contributed by atoms with Gasteiger partial charge in [0.15, 0.2) is 0 Å². The van der Waals surface area contributed by atoms with Crippen molar-refractivity contribution in [2.45, 2.75) is 18.7 Å². The number of carbonyl (C=O) groups is 1. The topological polar surface area (TPSA) is 76.8 Å². The lowest BCUT2D eigenvalue weighted by molar-refractivity contribution is -0.0498. The normalized spacial score (nSPS) is 19.3. The number of methoxy groups -OCH3 is 1. The molecule has 1 heterocycles. The van der Waals surface area contributed by atoms with E-state index in [1.165, 1.54) is 12.1 Å². The van der Waals surface area contributed by atoms with Crippen LogP contribution in [0.5, 0.6) is 11.5 Å². The van der Waals surface area contributed by atoms with Crippen molar-refractivity contribution in [3.63, 3.8) is 0 Å². The highest BCUT2D eigenvalue weighted by molar-refractivity contribution is 5.78. The quantitative estimate of drug-likeness (QED) is 0.778. The first-order chi connectivity index (χ1) is 12.9. The van der Waals surface area contributed by atoms with Crippen molar-refractivity contribution < 1.29 is 23.0 Å². The van der Waals surface area contributed by atoms with Crippen molar-refractivity contribution in [2.24, 2.45) is 5.73 Å². The van der Waals surface area contributed by atoms with E-state index in [4.69, 9.17) is 10.5 Å². The Morgan fingerprint density at radius 2 is 1.78 bits per heavy atom. The Morgan fingerprint density at radius 3 is 2.37 bits per heavy atom. The molecule has 1 saturated heterocycles. The second kappa shape index (κ2) is 7.79. The molecule has 1 unspecified atom stereocenters. The molecule has 0 saturated carbocycles. The zero-order valence-corrected chi connectivity index (χ0v) is 14.8. The highest BCUT2D eigenvalue weighted by Gasteiger charge is 2.43. The molecule has 0 aliphatic carbocycles. The van der Waals surface area contributed by atoms with Gasteiger partial charge in [0.25, 0.3) is 0 Å². The van der Waals surface area contributed by atoms with E-state index in [1.54, 1.807) is 24.1 Å². The summed E-state index contributed by atoms with van der Waals surface area (Å²) in [5, 5.41) is 2.75. The van der Waals surface area contributed by atoms with Gasteiger partial charge in [-0.15, -0.1) is 0 Å². The number of amides is 2. The molecule has 2 aromatic carbocycles. The van der Waals surface area contributed by atoms with Gasteiger partial charge in [-0.2, -0.15) is 8.78 Å². The van der Waals surface area contributed by atoms with Crippen molar-refractivity contribution in [1.82, 2.24) is 10.2 Å². The maximum absolute atomic E-state index is 12.3. The number of benzene rings is 2. The number of ether oxygens (including phenoxy) is 2. The average molecular weight is 377 g/mol. The van der Waals surface area contributed by atoms with Gasteiger partial charge in [-0.25, -0.2) is 4.79 Å². The van der Waals surface area contributed by atoms with Crippen LogP contribution in [0.4, 0.5) is 13.6 Å². The number of carbonyl (C=O) groups excluding carboxylic acids is 1. The van der Waals surface area contributed by atoms with Crippen LogP contribution < -0.4 is 20.5 Å². The van der Waals surface area contributed by atoms with Crippen LogP contribution in [-0.2, 0) is 12.1 Å². The van der Waals surface area contributed by atoms with Gasteiger partial charge >= 0.3 is 12.6 Å². The zero-order valence-electron chi connectivity index (χ0n) is 14.8. The van der Waals surface area contributed by atoms with Gasteiger partial charge in [0.05, 0.1) is 13.7 Å². The van der Waals surface area contributed by atoms with Crippen LogP contribution in [-0.4, -0.2) is 37.7 Å². The first-order valence-corrected chi connectivity index (χ1v) is 8.45. The van der Waals surface area contributed by atoms with Gasteiger partial charge in [-0.1, -0.05) is 24.3 Å². The number of urea groups is 1. The molecular weight excluding hydrogens is 356 g/mol. The summed E-state index contributed by atoms with van der Waals surface area (Å²) in [5.41, 5.74) is 7.12. The highest BCUT2D eigenvalue weighted by Crippen LogP contribution is 2.29. The summed E-state index contributed by atoms with van der Waals surface area (Å²) in [4.78, 5) is 13.8. The molecule has 144 valence electrons. The highest BCUT2D eigenvalue weighted by atomic mass is 19.3. The second-order valence-electron chi connectivity index (χ2n) is 6.24. The Kier molecular flexibility index (Phi) is 5.46. The Balaban J connectivity index is 1.73. The Bertz CT molecular complexity index is 784. The third kappa shape index (κ3) is 4.11. The molecule has 3 N–H and O–H groups in total. The van der Waals surface area contributed by atoms with Crippen LogP contribution >= 0.6 is 0 Å². The number of nitrogens with zero attached hydrogens (tertiary/aromatic N) is 1. The summed E-state index contributed by atoms with van der Waals surface area (Å²) in [6.45, 7) is -2.26. The minimum Gasteiger partial charge on any atom is -0.497 e. The number of nitrogens with two attached hydrogens (primary N) is 1. The minimum absolute atomic E-state index is 0.0411. The molecule has 1 atom stereocenters. The summed E-state index contributed by atoms with van der Waals surface area (Å²) in [6, 6.07) is 13.3. The molecular formula is C19H21F2N3O3. The number of rotatable bonds is 7. The standard InChI is InChI=1S/C19H21F2N3O3/c1-26-15-6-2-13(3-7-15)10-11-24-18(25)23-12-19(24,22)14-4-8-16(9-5-14)27-17(20)21/h2-9,17H,10-12,22H2,1H3,(H,23,25). The SMILES string of the molecule is COc1ccc(CCN2C(=O)NCC2(N)c2ccc(OC(F)F)cc2)cc1.